The number of fused-ring (bicyclic) bond motifs is 2. The first-order valence-corrected chi connectivity index (χ1v) is 10.9. The average Bonchev–Trinajstić information content (AvgIpc) is 3.05. The van der Waals surface area contributed by atoms with Crippen molar-refractivity contribution in [2.75, 3.05) is 39.0 Å². The van der Waals surface area contributed by atoms with Crippen molar-refractivity contribution in [1.29, 1.82) is 0 Å². The number of primary amides is 1. The molecule has 3 fully saturated rings. The van der Waals surface area contributed by atoms with Gasteiger partial charge in [0.15, 0.2) is 0 Å². The smallest absolute Gasteiger partial charge is 0.237 e. The van der Waals surface area contributed by atoms with E-state index in [1.54, 1.807) is 4.31 Å². The van der Waals surface area contributed by atoms with Gasteiger partial charge in [-0.25, -0.2) is 12.7 Å². The Morgan fingerprint density at radius 3 is 2.75 bits per heavy atom. The maximum absolute atomic E-state index is 12.0. The molecule has 3 saturated heterocycles. The predicted molar refractivity (Wildman–Crippen MR) is 92.9 cm³/mol. The standard InChI is InChI=1S/C16H30N4O3S/c1-24(22,23)19-9-5-13(12-19)11-18-8-10-20-14-3-2-6-16(20,7-4-14)15(17)21/h13-14,18H,2-12H2,1H3,(H2,17,21)/t13?,14-,16+/m1/s1. The molecule has 0 radical (unpaired) electrons. The number of nitrogens with two attached hydrogens (primary N) is 1. The Morgan fingerprint density at radius 2 is 2.08 bits per heavy atom. The number of hydrogen-bond donors (Lipinski definition) is 2. The molecule has 0 aliphatic carbocycles. The van der Waals surface area contributed by atoms with Gasteiger partial charge >= 0.3 is 0 Å². The summed E-state index contributed by atoms with van der Waals surface area (Å²) in [5.41, 5.74) is 5.31. The zero-order valence-corrected chi connectivity index (χ0v) is 15.4. The molecule has 138 valence electrons. The van der Waals surface area contributed by atoms with Crippen molar-refractivity contribution in [1.82, 2.24) is 14.5 Å². The summed E-state index contributed by atoms with van der Waals surface area (Å²) in [5, 5.41) is 3.46. The Labute approximate surface area is 145 Å². The number of piperidine rings is 1. The van der Waals surface area contributed by atoms with Crippen molar-refractivity contribution in [2.45, 2.75) is 50.1 Å². The second-order valence-corrected chi connectivity index (χ2v) is 9.64. The summed E-state index contributed by atoms with van der Waals surface area (Å²) >= 11 is 0. The molecule has 7 nitrogen and oxygen atoms in total. The lowest BCUT2D eigenvalue weighted by Gasteiger charge is -2.42. The van der Waals surface area contributed by atoms with Crippen LogP contribution < -0.4 is 11.1 Å². The minimum Gasteiger partial charge on any atom is -0.368 e. The molecule has 3 rings (SSSR count). The van der Waals surface area contributed by atoms with Gasteiger partial charge < -0.3 is 11.1 Å². The lowest BCUT2D eigenvalue weighted by atomic mass is 9.87. The Balaban J connectivity index is 1.45. The summed E-state index contributed by atoms with van der Waals surface area (Å²) in [6.45, 7) is 3.73. The first-order valence-electron chi connectivity index (χ1n) is 9.05. The molecule has 0 saturated carbocycles. The van der Waals surface area contributed by atoms with Gasteiger partial charge in [-0.2, -0.15) is 0 Å². The van der Waals surface area contributed by atoms with Gasteiger partial charge in [0.05, 0.1) is 6.26 Å². The van der Waals surface area contributed by atoms with Crippen molar-refractivity contribution < 1.29 is 13.2 Å². The van der Waals surface area contributed by atoms with Crippen LogP contribution in [0.4, 0.5) is 0 Å². The molecule has 2 bridgehead atoms. The molecular weight excluding hydrogens is 328 g/mol. The van der Waals surface area contributed by atoms with Gasteiger partial charge in [0.25, 0.3) is 0 Å². The number of amides is 1. The van der Waals surface area contributed by atoms with Gasteiger partial charge in [-0.3, -0.25) is 9.69 Å². The molecule has 0 aromatic carbocycles. The van der Waals surface area contributed by atoms with Gasteiger partial charge in [-0.15, -0.1) is 0 Å². The van der Waals surface area contributed by atoms with E-state index in [4.69, 9.17) is 5.73 Å². The van der Waals surface area contributed by atoms with Crippen LogP contribution in [0.3, 0.4) is 0 Å². The molecule has 1 unspecified atom stereocenters. The first kappa shape index (κ1) is 18.1. The SMILES string of the molecule is CS(=O)(=O)N1CCC(CNCCN2[C@@H]3CCC[C@@]2(C(N)=O)CC3)C1. The summed E-state index contributed by atoms with van der Waals surface area (Å²) < 4.78 is 24.7. The highest BCUT2D eigenvalue weighted by Gasteiger charge is 2.52. The van der Waals surface area contributed by atoms with E-state index in [0.717, 1.165) is 51.7 Å². The van der Waals surface area contributed by atoms with Crippen LogP contribution in [-0.2, 0) is 14.8 Å². The fourth-order valence-electron chi connectivity index (χ4n) is 4.81. The largest absolute Gasteiger partial charge is 0.368 e. The highest BCUT2D eigenvalue weighted by molar-refractivity contribution is 7.88. The topological polar surface area (TPSA) is 95.7 Å². The van der Waals surface area contributed by atoms with E-state index in [2.05, 4.69) is 10.2 Å². The summed E-state index contributed by atoms with van der Waals surface area (Å²) in [5.74, 6) is 0.215. The minimum atomic E-state index is -3.06. The number of carbonyl (C=O) groups is 1. The van der Waals surface area contributed by atoms with Crippen molar-refractivity contribution in [2.24, 2.45) is 11.7 Å². The third-order valence-corrected chi connectivity index (χ3v) is 7.42. The molecule has 0 aromatic heterocycles. The summed E-state index contributed by atoms with van der Waals surface area (Å²) in [7, 11) is -3.06. The van der Waals surface area contributed by atoms with E-state index in [-0.39, 0.29) is 5.91 Å². The normalized spacial score (nSPS) is 34.7. The second kappa shape index (κ2) is 6.90. The van der Waals surface area contributed by atoms with Crippen LogP contribution in [0, 0.1) is 5.92 Å². The van der Waals surface area contributed by atoms with Crippen molar-refractivity contribution in [3.05, 3.63) is 0 Å². The molecule has 24 heavy (non-hydrogen) atoms. The van der Waals surface area contributed by atoms with Crippen LogP contribution in [0.15, 0.2) is 0 Å². The van der Waals surface area contributed by atoms with E-state index in [1.807, 2.05) is 0 Å². The molecule has 0 spiro atoms. The van der Waals surface area contributed by atoms with Gasteiger partial charge in [-0.05, 0) is 51.0 Å². The van der Waals surface area contributed by atoms with Crippen LogP contribution in [0.2, 0.25) is 0 Å². The number of carbonyl (C=O) groups excluding carboxylic acids is 1. The maximum Gasteiger partial charge on any atom is 0.237 e. The van der Waals surface area contributed by atoms with Gasteiger partial charge in [0.1, 0.15) is 5.54 Å². The molecule has 0 aromatic rings. The number of nitrogens with one attached hydrogen (secondary N) is 1. The van der Waals surface area contributed by atoms with Crippen LogP contribution >= 0.6 is 0 Å². The van der Waals surface area contributed by atoms with Gasteiger partial charge in [-0.1, -0.05) is 0 Å². The van der Waals surface area contributed by atoms with Crippen molar-refractivity contribution in [3.8, 4) is 0 Å². The molecule has 3 atom stereocenters. The number of nitrogens with zero attached hydrogens (tertiary/aromatic N) is 2. The highest BCUT2D eigenvalue weighted by atomic mass is 32.2. The fourth-order valence-corrected chi connectivity index (χ4v) is 5.73. The molecule has 1 amide bonds. The monoisotopic (exact) mass is 358 g/mol. The zero-order chi connectivity index (χ0) is 17.4. The lowest BCUT2D eigenvalue weighted by Crippen LogP contribution is -2.59. The zero-order valence-electron chi connectivity index (χ0n) is 14.5. The molecular formula is C16H30N4O3S. The number of sulfonamides is 1. The van der Waals surface area contributed by atoms with Crippen molar-refractivity contribution in [3.63, 3.8) is 0 Å². The molecule has 3 N–H and O–H groups in total. The third kappa shape index (κ3) is 3.47. The molecule has 3 heterocycles. The third-order valence-electron chi connectivity index (χ3n) is 6.15. The second-order valence-electron chi connectivity index (χ2n) is 7.65. The Bertz CT molecular complexity index is 578. The van der Waals surface area contributed by atoms with E-state index in [0.29, 0.717) is 25.0 Å². The van der Waals surface area contributed by atoms with E-state index < -0.39 is 15.6 Å². The van der Waals surface area contributed by atoms with Crippen LogP contribution in [-0.4, -0.2) is 74.1 Å². The lowest BCUT2D eigenvalue weighted by molar-refractivity contribution is -0.131. The molecule has 3 aliphatic rings. The highest BCUT2D eigenvalue weighted by Crippen LogP contribution is 2.43. The Morgan fingerprint density at radius 1 is 1.29 bits per heavy atom. The van der Waals surface area contributed by atoms with Crippen LogP contribution in [0.1, 0.15) is 38.5 Å². The quantitative estimate of drug-likeness (QED) is 0.611. The fraction of sp³-hybridized carbons (Fsp3) is 0.938. The van der Waals surface area contributed by atoms with E-state index in [9.17, 15) is 13.2 Å². The van der Waals surface area contributed by atoms with Crippen LogP contribution in [0.5, 0.6) is 0 Å². The minimum absolute atomic E-state index is 0.163. The number of rotatable bonds is 7. The first-order chi connectivity index (χ1) is 11.3. The van der Waals surface area contributed by atoms with Gasteiger partial charge in [0, 0.05) is 32.2 Å². The summed E-state index contributed by atoms with van der Waals surface area (Å²) in [6.07, 6.45) is 7.33. The summed E-state index contributed by atoms with van der Waals surface area (Å²) in [4.78, 5) is 14.4. The van der Waals surface area contributed by atoms with E-state index >= 15 is 0 Å². The van der Waals surface area contributed by atoms with Gasteiger partial charge in [0.2, 0.25) is 15.9 Å². The van der Waals surface area contributed by atoms with Crippen LogP contribution in [0.25, 0.3) is 0 Å². The summed E-state index contributed by atoms with van der Waals surface area (Å²) in [6, 6.07) is 0.500. The Kier molecular flexibility index (Phi) is 5.20. The van der Waals surface area contributed by atoms with Crippen molar-refractivity contribution >= 4 is 15.9 Å². The molecule has 3 aliphatic heterocycles. The average molecular weight is 359 g/mol. The van der Waals surface area contributed by atoms with E-state index in [1.165, 1.54) is 12.7 Å². The predicted octanol–water partition coefficient (Wildman–Crippen LogP) is -0.270. The maximum atomic E-state index is 12.0. The molecule has 8 heteroatoms. The number of hydrogen-bond acceptors (Lipinski definition) is 5. The Hall–Kier alpha value is -0.700.